The topological polar surface area (TPSA) is 58.6 Å². The number of hydrogen-bond acceptors (Lipinski definition) is 3. The van der Waals surface area contributed by atoms with Crippen LogP contribution in [-0.4, -0.2) is 16.8 Å². The van der Waals surface area contributed by atoms with Crippen LogP contribution >= 0.6 is 23.4 Å². The molecular formula is C11H15ClN2OS. The molecule has 0 bridgehead atoms. The molecule has 0 spiro atoms. The van der Waals surface area contributed by atoms with E-state index in [0.717, 1.165) is 23.6 Å². The molecule has 88 valence electrons. The smallest absolute Gasteiger partial charge is 0.139 e. The van der Waals surface area contributed by atoms with Crippen LogP contribution in [0.4, 0.5) is 0 Å². The summed E-state index contributed by atoms with van der Waals surface area (Å²) in [4.78, 5) is 1.18. The third-order valence-electron chi connectivity index (χ3n) is 2.02. The predicted molar refractivity (Wildman–Crippen MR) is 69.4 cm³/mol. The van der Waals surface area contributed by atoms with Crippen molar-refractivity contribution in [2.75, 3.05) is 5.75 Å². The second-order valence-electron chi connectivity index (χ2n) is 3.35. The van der Waals surface area contributed by atoms with E-state index >= 15 is 0 Å². The highest BCUT2D eigenvalue weighted by Gasteiger charge is 1.97. The molecule has 3 nitrogen and oxygen atoms in total. The SMILES string of the molecule is NC(CCCCSc1cccc(Cl)c1)=NO. The molecule has 0 unspecified atom stereocenters. The van der Waals surface area contributed by atoms with E-state index in [4.69, 9.17) is 22.5 Å². The van der Waals surface area contributed by atoms with E-state index in [2.05, 4.69) is 5.16 Å². The molecule has 0 aromatic heterocycles. The average Bonchev–Trinajstić information content (AvgIpc) is 2.28. The minimum Gasteiger partial charge on any atom is -0.409 e. The van der Waals surface area contributed by atoms with Gasteiger partial charge in [-0.25, -0.2) is 0 Å². The lowest BCUT2D eigenvalue weighted by Gasteiger charge is -2.02. The van der Waals surface area contributed by atoms with Crippen LogP contribution in [-0.2, 0) is 0 Å². The summed E-state index contributed by atoms with van der Waals surface area (Å²) in [7, 11) is 0. The largest absolute Gasteiger partial charge is 0.409 e. The van der Waals surface area contributed by atoms with Crippen LogP contribution in [0.5, 0.6) is 0 Å². The van der Waals surface area contributed by atoms with Gasteiger partial charge >= 0.3 is 0 Å². The zero-order chi connectivity index (χ0) is 11.8. The van der Waals surface area contributed by atoms with Gasteiger partial charge < -0.3 is 10.9 Å². The maximum absolute atomic E-state index is 8.34. The van der Waals surface area contributed by atoms with Gasteiger partial charge in [0.15, 0.2) is 0 Å². The highest BCUT2D eigenvalue weighted by Crippen LogP contribution is 2.22. The van der Waals surface area contributed by atoms with E-state index in [1.54, 1.807) is 11.8 Å². The third kappa shape index (κ3) is 5.28. The fourth-order valence-electron chi connectivity index (χ4n) is 1.20. The summed E-state index contributed by atoms with van der Waals surface area (Å²) in [5.74, 6) is 1.31. The molecule has 0 fully saturated rings. The van der Waals surface area contributed by atoms with Gasteiger partial charge in [-0.05, 0) is 36.8 Å². The van der Waals surface area contributed by atoms with E-state index in [9.17, 15) is 0 Å². The van der Waals surface area contributed by atoms with Gasteiger partial charge in [0.2, 0.25) is 0 Å². The summed E-state index contributed by atoms with van der Waals surface area (Å²) in [5, 5.41) is 12.0. The van der Waals surface area contributed by atoms with E-state index < -0.39 is 0 Å². The Labute approximate surface area is 105 Å². The molecule has 1 aromatic rings. The summed E-state index contributed by atoms with van der Waals surface area (Å²) in [6, 6.07) is 7.81. The number of nitrogens with zero attached hydrogens (tertiary/aromatic N) is 1. The summed E-state index contributed by atoms with van der Waals surface area (Å²) in [5.41, 5.74) is 5.36. The van der Waals surface area contributed by atoms with Crippen molar-refractivity contribution < 1.29 is 5.21 Å². The van der Waals surface area contributed by atoms with Gasteiger partial charge in [0.1, 0.15) is 5.84 Å². The Kier molecular flexibility index (Phi) is 6.11. The lowest BCUT2D eigenvalue weighted by Crippen LogP contribution is -2.10. The molecule has 0 heterocycles. The Morgan fingerprint density at radius 1 is 1.44 bits per heavy atom. The van der Waals surface area contributed by atoms with Gasteiger partial charge in [0, 0.05) is 16.3 Å². The van der Waals surface area contributed by atoms with Crippen LogP contribution < -0.4 is 5.73 Å². The van der Waals surface area contributed by atoms with Crippen LogP contribution in [0, 0.1) is 0 Å². The normalized spacial score (nSPS) is 11.7. The zero-order valence-electron chi connectivity index (χ0n) is 8.90. The van der Waals surface area contributed by atoms with Crippen molar-refractivity contribution in [1.82, 2.24) is 0 Å². The molecule has 0 aliphatic carbocycles. The van der Waals surface area contributed by atoms with Crippen molar-refractivity contribution in [3.05, 3.63) is 29.3 Å². The quantitative estimate of drug-likeness (QED) is 0.205. The lowest BCUT2D eigenvalue weighted by atomic mass is 10.2. The Morgan fingerprint density at radius 3 is 2.94 bits per heavy atom. The van der Waals surface area contributed by atoms with Crippen molar-refractivity contribution in [3.8, 4) is 0 Å². The van der Waals surface area contributed by atoms with Crippen LogP contribution in [0.25, 0.3) is 0 Å². The molecule has 0 aliphatic rings. The van der Waals surface area contributed by atoms with Crippen molar-refractivity contribution in [2.24, 2.45) is 10.9 Å². The molecule has 0 radical (unpaired) electrons. The summed E-state index contributed by atoms with van der Waals surface area (Å²) < 4.78 is 0. The number of hydrogen-bond donors (Lipinski definition) is 2. The minimum absolute atomic E-state index is 0.299. The lowest BCUT2D eigenvalue weighted by molar-refractivity contribution is 0.316. The Bertz CT molecular complexity index is 358. The molecular weight excluding hydrogens is 244 g/mol. The molecule has 5 heteroatoms. The Balaban J connectivity index is 2.16. The van der Waals surface area contributed by atoms with Crippen molar-refractivity contribution in [2.45, 2.75) is 24.2 Å². The molecule has 0 aliphatic heterocycles. The first-order valence-corrected chi connectivity index (χ1v) is 6.43. The molecule has 3 N–H and O–H groups in total. The number of thioether (sulfide) groups is 1. The monoisotopic (exact) mass is 258 g/mol. The highest BCUT2D eigenvalue weighted by molar-refractivity contribution is 7.99. The van der Waals surface area contributed by atoms with Gasteiger partial charge in [0.05, 0.1) is 0 Å². The number of amidine groups is 1. The maximum atomic E-state index is 8.34. The molecule has 0 saturated carbocycles. The van der Waals surface area contributed by atoms with Crippen LogP contribution in [0.2, 0.25) is 5.02 Å². The second kappa shape index (κ2) is 7.41. The zero-order valence-corrected chi connectivity index (χ0v) is 10.5. The first-order chi connectivity index (χ1) is 7.72. The van der Waals surface area contributed by atoms with Gasteiger partial charge in [-0.15, -0.1) is 11.8 Å². The van der Waals surface area contributed by atoms with Gasteiger partial charge in [0.25, 0.3) is 0 Å². The van der Waals surface area contributed by atoms with Crippen LogP contribution in [0.15, 0.2) is 34.3 Å². The fraction of sp³-hybridized carbons (Fsp3) is 0.364. The molecule has 0 atom stereocenters. The number of unbranched alkanes of at least 4 members (excludes halogenated alkanes) is 1. The first-order valence-electron chi connectivity index (χ1n) is 5.07. The maximum Gasteiger partial charge on any atom is 0.139 e. The molecule has 0 saturated heterocycles. The highest BCUT2D eigenvalue weighted by atomic mass is 35.5. The molecule has 16 heavy (non-hydrogen) atoms. The van der Waals surface area contributed by atoms with Crippen molar-refractivity contribution in [3.63, 3.8) is 0 Å². The Hall–Kier alpha value is -0.870. The summed E-state index contributed by atoms with van der Waals surface area (Å²) in [6.07, 6.45) is 2.61. The Morgan fingerprint density at radius 2 is 2.25 bits per heavy atom. The summed E-state index contributed by atoms with van der Waals surface area (Å²) in [6.45, 7) is 0. The predicted octanol–water partition coefficient (Wildman–Crippen LogP) is 3.35. The second-order valence-corrected chi connectivity index (χ2v) is 4.96. The van der Waals surface area contributed by atoms with Gasteiger partial charge in [-0.1, -0.05) is 22.8 Å². The number of benzene rings is 1. The van der Waals surface area contributed by atoms with Crippen LogP contribution in [0.1, 0.15) is 19.3 Å². The number of oxime groups is 1. The minimum atomic E-state index is 0.299. The van der Waals surface area contributed by atoms with Gasteiger partial charge in [-0.2, -0.15) is 0 Å². The third-order valence-corrected chi connectivity index (χ3v) is 3.34. The number of rotatable bonds is 6. The van der Waals surface area contributed by atoms with Crippen molar-refractivity contribution in [1.29, 1.82) is 0 Å². The molecule has 0 amide bonds. The van der Waals surface area contributed by atoms with E-state index in [0.29, 0.717) is 12.3 Å². The van der Waals surface area contributed by atoms with E-state index in [1.165, 1.54) is 4.90 Å². The standard InChI is InChI=1S/C11H15ClN2OS/c12-9-4-3-5-10(8-9)16-7-2-1-6-11(13)14-15/h3-5,8,15H,1-2,6-7H2,(H2,13,14). The molecule has 1 aromatic carbocycles. The van der Waals surface area contributed by atoms with E-state index in [1.807, 2.05) is 24.3 Å². The number of nitrogens with two attached hydrogens (primary N) is 1. The van der Waals surface area contributed by atoms with Gasteiger partial charge in [-0.3, -0.25) is 0 Å². The van der Waals surface area contributed by atoms with E-state index in [-0.39, 0.29) is 0 Å². The number of halogens is 1. The van der Waals surface area contributed by atoms with Crippen LogP contribution in [0.3, 0.4) is 0 Å². The average molecular weight is 259 g/mol. The van der Waals surface area contributed by atoms with Crippen molar-refractivity contribution >= 4 is 29.2 Å². The fourth-order valence-corrected chi connectivity index (χ4v) is 2.43. The summed E-state index contributed by atoms with van der Waals surface area (Å²) >= 11 is 7.64. The first kappa shape index (κ1) is 13.2. The molecule has 1 rings (SSSR count).